The number of rotatable bonds is 5. The van der Waals surface area contributed by atoms with Crippen LogP contribution in [0, 0.1) is 12.7 Å². The smallest absolute Gasteiger partial charge is 0.167 e. The molecule has 0 saturated carbocycles. The second-order valence-corrected chi connectivity index (χ2v) is 5.12. The predicted octanol–water partition coefficient (Wildman–Crippen LogP) is 3.75. The third-order valence-electron chi connectivity index (χ3n) is 3.33. The van der Waals surface area contributed by atoms with E-state index in [1.165, 1.54) is 17.2 Å². The second kappa shape index (κ2) is 6.48. The molecule has 3 nitrogen and oxygen atoms in total. The first kappa shape index (κ1) is 15.2. The van der Waals surface area contributed by atoms with Crippen molar-refractivity contribution < 1.29 is 9.13 Å². The van der Waals surface area contributed by atoms with Crippen LogP contribution in [0.25, 0.3) is 0 Å². The molecule has 0 aliphatic carbocycles. The number of hydrogen-bond donors (Lipinski definition) is 1. The first-order valence-corrected chi connectivity index (χ1v) is 6.99. The SMILES string of the molecule is CCOc1cc(N(C)Cc2ccc(C)cc2)c(N)cc1F. The number of benzene rings is 2. The minimum atomic E-state index is -0.429. The molecule has 0 bridgehead atoms. The van der Waals surface area contributed by atoms with Gasteiger partial charge in [-0.3, -0.25) is 0 Å². The molecule has 4 heteroatoms. The van der Waals surface area contributed by atoms with E-state index >= 15 is 0 Å². The van der Waals surface area contributed by atoms with Gasteiger partial charge in [0.25, 0.3) is 0 Å². The maximum Gasteiger partial charge on any atom is 0.167 e. The Morgan fingerprint density at radius 3 is 2.48 bits per heavy atom. The number of ether oxygens (including phenoxy) is 1. The zero-order valence-corrected chi connectivity index (χ0v) is 12.7. The first-order valence-electron chi connectivity index (χ1n) is 6.99. The lowest BCUT2D eigenvalue weighted by Crippen LogP contribution is -2.18. The van der Waals surface area contributed by atoms with Gasteiger partial charge in [-0.2, -0.15) is 0 Å². The highest BCUT2D eigenvalue weighted by atomic mass is 19.1. The third kappa shape index (κ3) is 3.66. The van der Waals surface area contributed by atoms with Crippen LogP contribution in [0.15, 0.2) is 36.4 Å². The Labute approximate surface area is 125 Å². The van der Waals surface area contributed by atoms with Crippen LogP contribution in [0.4, 0.5) is 15.8 Å². The molecule has 2 aromatic rings. The highest BCUT2D eigenvalue weighted by Crippen LogP contribution is 2.31. The van der Waals surface area contributed by atoms with Crippen LogP contribution in [0.5, 0.6) is 5.75 Å². The van der Waals surface area contributed by atoms with E-state index in [4.69, 9.17) is 10.5 Å². The largest absolute Gasteiger partial charge is 0.491 e. The van der Waals surface area contributed by atoms with Crippen LogP contribution in [0.2, 0.25) is 0 Å². The maximum atomic E-state index is 13.7. The van der Waals surface area contributed by atoms with Crippen molar-refractivity contribution in [1.82, 2.24) is 0 Å². The molecular weight excluding hydrogens is 267 g/mol. The van der Waals surface area contributed by atoms with Gasteiger partial charge in [0.2, 0.25) is 0 Å². The van der Waals surface area contributed by atoms with E-state index < -0.39 is 5.82 Å². The van der Waals surface area contributed by atoms with Gasteiger partial charge in [0, 0.05) is 25.7 Å². The van der Waals surface area contributed by atoms with Gasteiger partial charge < -0.3 is 15.4 Å². The number of anilines is 2. The van der Waals surface area contributed by atoms with Crippen LogP contribution in [0.3, 0.4) is 0 Å². The Kier molecular flexibility index (Phi) is 4.68. The van der Waals surface area contributed by atoms with Crippen molar-refractivity contribution in [1.29, 1.82) is 0 Å². The van der Waals surface area contributed by atoms with E-state index in [2.05, 4.69) is 31.2 Å². The van der Waals surface area contributed by atoms with Crippen molar-refractivity contribution in [3.8, 4) is 5.75 Å². The lowest BCUT2D eigenvalue weighted by Gasteiger charge is -2.22. The Hall–Kier alpha value is -2.23. The van der Waals surface area contributed by atoms with Crippen molar-refractivity contribution in [3.05, 3.63) is 53.3 Å². The van der Waals surface area contributed by atoms with Crippen molar-refractivity contribution >= 4 is 11.4 Å². The van der Waals surface area contributed by atoms with E-state index in [-0.39, 0.29) is 5.75 Å². The van der Waals surface area contributed by atoms with Crippen LogP contribution < -0.4 is 15.4 Å². The molecular formula is C17H21FN2O. The van der Waals surface area contributed by atoms with E-state index in [0.717, 1.165) is 5.69 Å². The molecule has 2 rings (SSSR count). The van der Waals surface area contributed by atoms with E-state index in [0.29, 0.717) is 18.8 Å². The van der Waals surface area contributed by atoms with Crippen LogP contribution in [0.1, 0.15) is 18.1 Å². The summed E-state index contributed by atoms with van der Waals surface area (Å²) >= 11 is 0. The third-order valence-corrected chi connectivity index (χ3v) is 3.33. The van der Waals surface area contributed by atoms with Crippen LogP contribution in [-0.2, 0) is 6.54 Å². The summed E-state index contributed by atoms with van der Waals surface area (Å²) in [5, 5.41) is 0. The highest BCUT2D eigenvalue weighted by molar-refractivity contribution is 5.69. The fourth-order valence-electron chi connectivity index (χ4n) is 2.21. The Bertz CT molecular complexity index is 611. The summed E-state index contributed by atoms with van der Waals surface area (Å²) in [4.78, 5) is 1.99. The molecule has 0 heterocycles. The van der Waals surface area contributed by atoms with Crippen molar-refractivity contribution in [2.75, 3.05) is 24.3 Å². The number of halogens is 1. The molecule has 0 unspecified atom stereocenters. The highest BCUT2D eigenvalue weighted by Gasteiger charge is 2.12. The fourth-order valence-corrected chi connectivity index (χ4v) is 2.21. The maximum absolute atomic E-state index is 13.7. The van der Waals surface area contributed by atoms with Crippen LogP contribution in [-0.4, -0.2) is 13.7 Å². The van der Waals surface area contributed by atoms with Gasteiger partial charge >= 0.3 is 0 Å². The number of nitrogens with zero attached hydrogens (tertiary/aromatic N) is 1. The lowest BCUT2D eigenvalue weighted by molar-refractivity contribution is 0.322. The summed E-state index contributed by atoms with van der Waals surface area (Å²) < 4.78 is 19.0. The Morgan fingerprint density at radius 2 is 1.86 bits per heavy atom. The second-order valence-electron chi connectivity index (χ2n) is 5.12. The van der Waals surface area contributed by atoms with Gasteiger partial charge in [-0.25, -0.2) is 4.39 Å². The summed E-state index contributed by atoms with van der Waals surface area (Å²) in [6, 6.07) is 11.3. The summed E-state index contributed by atoms with van der Waals surface area (Å²) in [7, 11) is 1.93. The quantitative estimate of drug-likeness (QED) is 0.852. The monoisotopic (exact) mass is 288 g/mol. The number of hydrogen-bond acceptors (Lipinski definition) is 3. The number of nitrogens with two attached hydrogens (primary N) is 1. The minimum Gasteiger partial charge on any atom is -0.491 e. The average Bonchev–Trinajstić information content (AvgIpc) is 2.44. The summed E-state index contributed by atoms with van der Waals surface area (Å²) in [6.45, 7) is 4.99. The van der Waals surface area contributed by atoms with Crippen LogP contribution >= 0.6 is 0 Å². The van der Waals surface area contributed by atoms with Gasteiger partial charge in [0.15, 0.2) is 11.6 Å². The summed E-state index contributed by atoms with van der Waals surface area (Å²) in [6.07, 6.45) is 0. The fraction of sp³-hybridized carbons (Fsp3) is 0.294. The number of nitrogen functional groups attached to an aromatic ring is 1. The molecule has 0 aromatic heterocycles. The predicted molar refractivity (Wildman–Crippen MR) is 85.3 cm³/mol. The molecule has 2 N–H and O–H groups in total. The Morgan fingerprint density at radius 1 is 1.19 bits per heavy atom. The van der Waals surface area contributed by atoms with Gasteiger partial charge in [-0.1, -0.05) is 29.8 Å². The van der Waals surface area contributed by atoms with E-state index in [1.807, 2.05) is 18.9 Å². The number of aryl methyl sites for hydroxylation is 1. The van der Waals surface area contributed by atoms with Crippen molar-refractivity contribution in [2.24, 2.45) is 0 Å². The molecule has 0 atom stereocenters. The molecule has 0 saturated heterocycles. The average molecular weight is 288 g/mol. The first-order chi connectivity index (χ1) is 10.0. The van der Waals surface area contributed by atoms with Gasteiger partial charge in [-0.05, 0) is 19.4 Å². The van der Waals surface area contributed by atoms with Gasteiger partial charge in [-0.15, -0.1) is 0 Å². The normalized spacial score (nSPS) is 10.5. The molecule has 0 fully saturated rings. The zero-order chi connectivity index (χ0) is 15.4. The lowest BCUT2D eigenvalue weighted by atomic mass is 10.1. The van der Waals surface area contributed by atoms with Crippen molar-refractivity contribution in [2.45, 2.75) is 20.4 Å². The molecule has 0 aliphatic heterocycles. The van der Waals surface area contributed by atoms with Gasteiger partial charge in [0.05, 0.1) is 18.0 Å². The molecule has 0 amide bonds. The summed E-state index contributed by atoms with van der Waals surface area (Å²) in [5.41, 5.74) is 9.49. The van der Waals surface area contributed by atoms with E-state index in [1.54, 1.807) is 6.07 Å². The molecule has 0 radical (unpaired) electrons. The minimum absolute atomic E-state index is 0.234. The molecule has 21 heavy (non-hydrogen) atoms. The molecule has 2 aromatic carbocycles. The van der Waals surface area contributed by atoms with Gasteiger partial charge in [0.1, 0.15) is 0 Å². The van der Waals surface area contributed by atoms with E-state index in [9.17, 15) is 4.39 Å². The topological polar surface area (TPSA) is 38.5 Å². The molecule has 0 aliphatic rings. The Balaban J connectivity index is 2.23. The molecule has 0 spiro atoms. The van der Waals surface area contributed by atoms with Crippen molar-refractivity contribution in [3.63, 3.8) is 0 Å². The molecule has 112 valence electrons. The summed E-state index contributed by atoms with van der Waals surface area (Å²) in [5.74, 6) is -0.195. The standard InChI is InChI=1S/C17H21FN2O/c1-4-21-17-10-16(15(19)9-14(17)18)20(3)11-13-7-5-12(2)6-8-13/h5-10H,4,11,19H2,1-3H3. The zero-order valence-electron chi connectivity index (χ0n) is 12.7.